The van der Waals surface area contributed by atoms with E-state index in [2.05, 4.69) is 30.3 Å². The third-order valence-corrected chi connectivity index (χ3v) is 4.38. The fourth-order valence-electron chi connectivity index (χ4n) is 3.16. The lowest BCUT2D eigenvalue weighted by Crippen LogP contribution is -2.37. The van der Waals surface area contributed by atoms with Gasteiger partial charge < -0.3 is 16.0 Å². The van der Waals surface area contributed by atoms with Gasteiger partial charge in [0.2, 0.25) is 0 Å². The second-order valence-electron chi connectivity index (χ2n) is 6.20. The zero-order valence-electron chi connectivity index (χ0n) is 14.6. The molecule has 2 aliphatic rings. The summed E-state index contributed by atoms with van der Waals surface area (Å²) >= 11 is 0. The van der Waals surface area contributed by atoms with Crippen LogP contribution in [0.15, 0.2) is 40.2 Å². The van der Waals surface area contributed by atoms with Crippen LogP contribution in [-0.4, -0.2) is 56.5 Å². The first-order valence-electron chi connectivity index (χ1n) is 8.73. The smallest absolute Gasteiger partial charge is 0.183 e. The van der Waals surface area contributed by atoms with Gasteiger partial charge in [0.1, 0.15) is 11.5 Å². The average Bonchev–Trinajstić information content (AvgIpc) is 3.28. The van der Waals surface area contributed by atoms with E-state index in [0.29, 0.717) is 34.4 Å². The molecule has 134 valence electrons. The Morgan fingerprint density at radius 2 is 2.15 bits per heavy atom. The summed E-state index contributed by atoms with van der Waals surface area (Å²) in [5, 5.41) is 15.8. The zero-order chi connectivity index (χ0) is 18.1. The molecular weight excluding hydrogens is 330 g/mol. The highest BCUT2D eigenvalue weighted by Gasteiger charge is 2.24. The lowest BCUT2D eigenvalue weighted by atomic mass is 10.2. The lowest BCUT2D eigenvalue weighted by molar-refractivity contribution is 0.526. The molecule has 1 saturated heterocycles. The number of rotatable bonds is 3. The Kier molecular flexibility index (Phi) is 4.11. The molecule has 2 aromatic rings. The maximum Gasteiger partial charge on any atom is 0.183 e. The molecule has 1 fully saturated rings. The molecule has 0 spiro atoms. The molecule has 4 heterocycles. The fraction of sp³-hybridized carbons (Fsp3) is 0.353. The van der Waals surface area contributed by atoms with Gasteiger partial charge in [0.25, 0.3) is 0 Å². The number of aliphatic imine (C=N–C) groups is 2. The fourth-order valence-corrected chi connectivity index (χ4v) is 3.16. The number of dihydropyridines is 1. The summed E-state index contributed by atoms with van der Waals surface area (Å²) in [7, 11) is 0. The van der Waals surface area contributed by atoms with Gasteiger partial charge in [0, 0.05) is 25.8 Å². The minimum atomic E-state index is 0.329. The summed E-state index contributed by atoms with van der Waals surface area (Å²) in [5.74, 6) is 1.88. The van der Waals surface area contributed by atoms with Gasteiger partial charge in [-0.3, -0.25) is 5.41 Å². The summed E-state index contributed by atoms with van der Waals surface area (Å²) in [4.78, 5) is 15.6. The van der Waals surface area contributed by atoms with Gasteiger partial charge in [-0.2, -0.15) is 9.61 Å². The van der Waals surface area contributed by atoms with Crippen molar-refractivity contribution in [3.8, 4) is 0 Å². The molecule has 0 aromatic carbocycles. The molecule has 4 N–H and O–H groups in total. The highest BCUT2D eigenvalue weighted by atomic mass is 15.3. The maximum atomic E-state index is 8.17. The van der Waals surface area contributed by atoms with Crippen LogP contribution in [0.5, 0.6) is 0 Å². The monoisotopic (exact) mass is 351 g/mol. The topological polar surface area (TPSA) is 120 Å². The SMILES string of the molecule is CCNc1ccnc2c(/N=C3\N=C(N4CCCC4)C(=N)C=C3N)cnn12. The Bertz CT molecular complexity index is 944. The van der Waals surface area contributed by atoms with E-state index in [4.69, 9.17) is 11.1 Å². The second-order valence-corrected chi connectivity index (χ2v) is 6.20. The molecule has 4 rings (SSSR count). The lowest BCUT2D eigenvalue weighted by Gasteiger charge is -2.22. The van der Waals surface area contributed by atoms with Crippen molar-refractivity contribution >= 4 is 34.5 Å². The first-order chi connectivity index (χ1) is 12.7. The van der Waals surface area contributed by atoms with Crippen molar-refractivity contribution in [1.82, 2.24) is 19.5 Å². The molecule has 0 unspecified atom stereocenters. The van der Waals surface area contributed by atoms with E-state index in [1.54, 1.807) is 23.0 Å². The number of likely N-dealkylation sites (tertiary alicyclic amines) is 1. The van der Waals surface area contributed by atoms with Gasteiger partial charge in [0.15, 0.2) is 17.3 Å². The molecule has 0 saturated carbocycles. The Morgan fingerprint density at radius 1 is 1.35 bits per heavy atom. The molecule has 2 aromatic heterocycles. The number of amidine groups is 2. The molecule has 0 aliphatic carbocycles. The van der Waals surface area contributed by atoms with Gasteiger partial charge in [-0.1, -0.05) is 0 Å². The summed E-state index contributed by atoms with van der Waals surface area (Å²) in [5.41, 5.74) is 8.00. The van der Waals surface area contributed by atoms with Gasteiger partial charge >= 0.3 is 0 Å². The van der Waals surface area contributed by atoms with Crippen LogP contribution in [0.3, 0.4) is 0 Å². The predicted molar refractivity (Wildman–Crippen MR) is 102 cm³/mol. The number of fused-ring (bicyclic) bond motifs is 1. The van der Waals surface area contributed by atoms with E-state index in [0.717, 1.165) is 38.3 Å². The van der Waals surface area contributed by atoms with E-state index in [-0.39, 0.29) is 0 Å². The van der Waals surface area contributed by atoms with Gasteiger partial charge in [-0.15, -0.1) is 0 Å². The van der Waals surface area contributed by atoms with Gasteiger partial charge in [-0.05, 0) is 31.9 Å². The quantitative estimate of drug-likeness (QED) is 0.775. The molecule has 0 bridgehead atoms. The van der Waals surface area contributed by atoms with E-state index < -0.39 is 0 Å². The molecule has 9 nitrogen and oxygen atoms in total. The van der Waals surface area contributed by atoms with E-state index in [1.165, 1.54) is 0 Å². The first-order valence-corrected chi connectivity index (χ1v) is 8.73. The van der Waals surface area contributed by atoms with Crippen LogP contribution < -0.4 is 11.1 Å². The molecule has 0 amide bonds. The standard InChI is InChI=1S/C17H21N9/c1-2-20-14-5-6-21-17-13(10-22-26(14)17)23-15-11(18)9-12(19)16(24-15)25-7-3-4-8-25/h5-6,9-10,19-20H,2-4,7-8,18H2,1H3/b19-12?,23-15-. The zero-order valence-corrected chi connectivity index (χ0v) is 14.6. The highest BCUT2D eigenvalue weighted by molar-refractivity contribution is 6.48. The molecule has 2 aliphatic heterocycles. The summed E-state index contributed by atoms with van der Waals surface area (Å²) in [6.45, 7) is 4.62. The average molecular weight is 351 g/mol. The number of nitrogens with two attached hydrogens (primary N) is 1. The van der Waals surface area contributed by atoms with Crippen molar-refractivity contribution in [1.29, 1.82) is 5.41 Å². The predicted octanol–water partition coefficient (Wildman–Crippen LogP) is 1.56. The van der Waals surface area contributed by atoms with Crippen molar-refractivity contribution in [2.24, 2.45) is 15.7 Å². The van der Waals surface area contributed by atoms with Crippen molar-refractivity contribution in [3.05, 3.63) is 30.2 Å². The van der Waals surface area contributed by atoms with Gasteiger partial charge in [0.05, 0.1) is 17.6 Å². The Hall–Kier alpha value is -3.23. The van der Waals surface area contributed by atoms with Crippen LogP contribution in [0.1, 0.15) is 19.8 Å². The minimum absolute atomic E-state index is 0.329. The largest absolute Gasteiger partial charge is 0.396 e. The molecule has 26 heavy (non-hydrogen) atoms. The van der Waals surface area contributed by atoms with Crippen LogP contribution in [-0.2, 0) is 0 Å². The summed E-state index contributed by atoms with van der Waals surface area (Å²) < 4.78 is 1.71. The number of nitrogens with zero attached hydrogens (tertiary/aromatic N) is 6. The van der Waals surface area contributed by atoms with Gasteiger partial charge in [-0.25, -0.2) is 15.0 Å². The number of anilines is 1. The number of aromatic nitrogens is 3. The number of nitrogens with one attached hydrogen (secondary N) is 2. The summed E-state index contributed by atoms with van der Waals surface area (Å²) in [6.07, 6.45) is 7.21. The summed E-state index contributed by atoms with van der Waals surface area (Å²) in [6, 6.07) is 1.86. The Labute approximate surface area is 150 Å². The Balaban J connectivity index is 1.75. The van der Waals surface area contributed by atoms with E-state index in [1.807, 2.05) is 13.0 Å². The normalized spacial score (nSPS) is 19.2. The van der Waals surface area contributed by atoms with Crippen LogP contribution in [0.2, 0.25) is 0 Å². The molecule has 9 heteroatoms. The number of hydrogen-bond donors (Lipinski definition) is 3. The van der Waals surface area contributed by atoms with Crippen LogP contribution >= 0.6 is 0 Å². The third kappa shape index (κ3) is 2.81. The maximum absolute atomic E-state index is 8.17. The van der Waals surface area contributed by atoms with Crippen molar-refractivity contribution in [3.63, 3.8) is 0 Å². The molecular formula is C17H21N9. The highest BCUT2D eigenvalue weighted by Crippen LogP contribution is 2.23. The van der Waals surface area contributed by atoms with Crippen molar-refractivity contribution < 1.29 is 0 Å². The van der Waals surface area contributed by atoms with Crippen LogP contribution in [0, 0.1) is 5.41 Å². The van der Waals surface area contributed by atoms with Crippen LogP contribution in [0.25, 0.3) is 5.65 Å². The molecule has 0 radical (unpaired) electrons. The van der Waals surface area contributed by atoms with Crippen molar-refractivity contribution in [2.45, 2.75) is 19.8 Å². The van der Waals surface area contributed by atoms with E-state index >= 15 is 0 Å². The van der Waals surface area contributed by atoms with Crippen LogP contribution in [0.4, 0.5) is 11.5 Å². The first kappa shape index (κ1) is 16.2. The number of hydrogen-bond acceptors (Lipinski definition) is 7. The van der Waals surface area contributed by atoms with Crippen molar-refractivity contribution in [2.75, 3.05) is 25.0 Å². The second kappa shape index (κ2) is 6.58. The van der Waals surface area contributed by atoms with E-state index in [9.17, 15) is 0 Å². The third-order valence-electron chi connectivity index (χ3n) is 4.38. The Morgan fingerprint density at radius 3 is 2.92 bits per heavy atom. The minimum Gasteiger partial charge on any atom is -0.396 e. The molecule has 0 atom stereocenters.